The molecule has 0 atom stereocenters. The molecule has 0 aliphatic rings. The van der Waals surface area contributed by atoms with Crippen LogP contribution in [0.2, 0.25) is 0 Å². The summed E-state index contributed by atoms with van der Waals surface area (Å²) in [6.07, 6.45) is 1.63. The second-order valence-electron chi connectivity index (χ2n) is 4.24. The minimum absolute atomic E-state index is 0.504. The molecule has 0 aliphatic heterocycles. The van der Waals surface area contributed by atoms with Crippen molar-refractivity contribution in [3.05, 3.63) is 54.7 Å². The van der Waals surface area contributed by atoms with Crippen molar-refractivity contribution in [3.8, 4) is 11.1 Å². The van der Waals surface area contributed by atoms with Gasteiger partial charge in [0, 0.05) is 17.2 Å². The van der Waals surface area contributed by atoms with Gasteiger partial charge in [-0.3, -0.25) is 0 Å². The van der Waals surface area contributed by atoms with Gasteiger partial charge in [0.2, 0.25) is 0 Å². The minimum Gasteiger partial charge on any atom is -0.423 e. The largest absolute Gasteiger partial charge is 0.490 e. The SMILES string of the molecule is OB(O)c1c[nH]c2cc(-c3ccccc3)ccc12. The lowest BCUT2D eigenvalue weighted by Gasteiger charge is -2.02. The summed E-state index contributed by atoms with van der Waals surface area (Å²) in [7, 11) is -1.44. The molecule has 88 valence electrons. The summed E-state index contributed by atoms with van der Waals surface area (Å²) in [6.45, 7) is 0. The first-order valence-corrected chi connectivity index (χ1v) is 5.78. The predicted octanol–water partition coefficient (Wildman–Crippen LogP) is 1.51. The molecule has 0 saturated carbocycles. The van der Waals surface area contributed by atoms with E-state index in [0.717, 1.165) is 22.0 Å². The van der Waals surface area contributed by atoms with Gasteiger partial charge in [-0.2, -0.15) is 0 Å². The van der Waals surface area contributed by atoms with Crippen LogP contribution in [-0.2, 0) is 0 Å². The Balaban J connectivity index is 2.13. The van der Waals surface area contributed by atoms with E-state index in [1.165, 1.54) is 0 Å². The lowest BCUT2D eigenvalue weighted by molar-refractivity contribution is 0.426. The second kappa shape index (κ2) is 4.33. The summed E-state index contributed by atoms with van der Waals surface area (Å²) in [5, 5.41) is 19.3. The summed E-state index contributed by atoms with van der Waals surface area (Å²) >= 11 is 0. The highest BCUT2D eigenvalue weighted by Crippen LogP contribution is 2.22. The van der Waals surface area contributed by atoms with E-state index in [1.54, 1.807) is 6.20 Å². The quantitative estimate of drug-likeness (QED) is 0.592. The standard InChI is InChI=1S/C14H12BNO2/c17-15(18)13-9-16-14-8-11(6-7-12(13)14)10-4-2-1-3-5-10/h1-9,16-18H. The third-order valence-corrected chi connectivity index (χ3v) is 3.10. The molecule has 1 aromatic heterocycles. The number of H-pyrrole nitrogens is 1. The van der Waals surface area contributed by atoms with Crippen LogP contribution in [0.25, 0.3) is 22.0 Å². The van der Waals surface area contributed by atoms with Gasteiger partial charge in [0.15, 0.2) is 0 Å². The van der Waals surface area contributed by atoms with Gasteiger partial charge in [-0.1, -0.05) is 42.5 Å². The highest BCUT2D eigenvalue weighted by molar-refractivity contribution is 6.62. The summed E-state index contributed by atoms with van der Waals surface area (Å²) < 4.78 is 0. The average molecular weight is 237 g/mol. The van der Waals surface area contributed by atoms with Gasteiger partial charge in [0.1, 0.15) is 0 Å². The Hall–Kier alpha value is -2.04. The van der Waals surface area contributed by atoms with Crippen LogP contribution in [0, 0.1) is 0 Å². The topological polar surface area (TPSA) is 56.2 Å². The number of aromatic nitrogens is 1. The van der Waals surface area contributed by atoms with Crippen molar-refractivity contribution >= 4 is 23.5 Å². The fourth-order valence-corrected chi connectivity index (χ4v) is 2.17. The van der Waals surface area contributed by atoms with Crippen molar-refractivity contribution in [1.29, 1.82) is 0 Å². The summed E-state index contributed by atoms with van der Waals surface area (Å²) in [6, 6.07) is 16.0. The van der Waals surface area contributed by atoms with Crippen LogP contribution in [0.3, 0.4) is 0 Å². The average Bonchev–Trinajstić information content (AvgIpc) is 2.82. The Morgan fingerprint density at radius 3 is 2.39 bits per heavy atom. The van der Waals surface area contributed by atoms with Gasteiger partial charge < -0.3 is 15.0 Å². The van der Waals surface area contributed by atoms with Crippen LogP contribution in [0.1, 0.15) is 0 Å². The fourth-order valence-electron chi connectivity index (χ4n) is 2.17. The smallest absolute Gasteiger partial charge is 0.423 e. The Kier molecular flexibility index (Phi) is 2.66. The highest BCUT2D eigenvalue weighted by Gasteiger charge is 2.16. The van der Waals surface area contributed by atoms with Gasteiger partial charge >= 0.3 is 7.12 Å². The molecule has 2 aromatic carbocycles. The molecule has 18 heavy (non-hydrogen) atoms. The number of hydrogen-bond acceptors (Lipinski definition) is 2. The van der Waals surface area contributed by atoms with E-state index in [0.29, 0.717) is 5.46 Å². The van der Waals surface area contributed by atoms with E-state index in [9.17, 15) is 10.0 Å². The first-order valence-electron chi connectivity index (χ1n) is 5.78. The van der Waals surface area contributed by atoms with Crippen LogP contribution < -0.4 is 5.46 Å². The van der Waals surface area contributed by atoms with E-state index in [-0.39, 0.29) is 0 Å². The van der Waals surface area contributed by atoms with Gasteiger partial charge in [-0.25, -0.2) is 0 Å². The Bertz CT molecular complexity index is 677. The van der Waals surface area contributed by atoms with Crippen LogP contribution in [0.4, 0.5) is 0 Å². The first-order chi connectivity index (χ1) is 8.75. The maximum atomic E-state index is 9.23. The first kappa shape index (κ1) is 11.1. The Labute approximate surface area is 105 Å². The van der Waals surface area contributed by atoms with Gasteiger partial charge in [-0.15, -0.1) is 0 Å². The van der Waals surface area contributed by atoms with Crippen LogP contribution in [-0.4, -0.2) is 22.2 Å². The van der Waals surface area contributed by atoms with Crippen molar-refractivity contribution in [2.45, 2.75) is 0 Å². The molecule has 3 N–H and O–H groups in total. The second-order valence-corrected chi connectivity index (χ2v) is 4.24. The van der Waals surface area contributed by atoms with Gasteiger partial charge in [-0.05, 0) is 22.6 Å². The lowest BCUT2D eigenvalue weighted by atomic mass is 9.80. The summed E-state index contributed by atoms with van der Waals surface area (Å²) in [5.41, 5.74) is 3.65. The maximum absolute atomic E-state index is 9.23. The van der Waals surface area contributed by atoms with E-state index >= 15 is 0 Å². The van der Waals surface area contributed by atoms with Crippen LogP contribution in [0.15, 0.2) is 54.7 Å². The Morgan fingerprint density at radius 1 is 0.889 bits per heavy atom. The number of rotatable bonds is 2. The molecule has 0 unspecified atom stereocenters. The Morgan fingerprint density at radius 2 is 1.67 bits per heavy atom. The normalized spacial score (nSPS) is 10.8. The van der Waals surface area contributed by atoms with Gasteiger partial charge in [0.25, 0.3) is 0 Å². The molecule has 4 heteroatoms. The molecule has 1 heterocycles. The molecule has 0 bridgehead atoms. The van der Waals surface area contributed by atoms with E-state index < -0.39 is 7.12 Å². The van der Waals surface area contributed by atoms with Crippen molar-refractivity contribution in [2.75, 3.05) is 0 Å². The molecule has 0 fully saturated rings. The van der Waals surface area contributed by atoms with Crippen LogP contribution >= 0.6 is 0 Å². The van der Waals surface area contributed by atoms with E-state index in [1.807, 2.05) is 48.5 Å². The number of hydrogen-bond donors (Lipinski definition) is 3. The predicted molar refractivity (Wildman–Crippen MR) is 73.6 cm³/mol. The molecule has 3 rings (SSSR count). The molecule has 3 nitrogen and oxygen atoms in total. The molecular formula is C14H12BNO2. The molecule has 0 amide bonds. The molecule has 0 saturated heterocycles. The fraction of sp³-hybridized carbons (Fsp3) is 0. The van der Waals surface area contributed by atoms with Crippen molar-refractivity contribution < 1.29 is 10.0 Å². The number of benzene rings is 2. The third kappa shape index (κ3) is 1.81. The van der Waals surface area contributed by atoms with Crippen molar-refractivity contribution in [2.24, 2.45) is 0 Å². The van der Waals surface area contributed by atoms with E-state index in [4.69, 9.17) is 0 Å². The third-order valence-electron chi connectivity index (χ3n) is 3.10. The van der Waals surface area contributed by atoms with Crippen molar-refractivity contribution in [3.63, 3.8) is 0 Å². The zero-order valence-corrected chi connectivity index (χ0v) is 9.67. The summed E-state index contributed by atoms with van der Waals surface area (Å²) in [4.78, 5) is 3.06. The number of fused-ring (bicyclic) bond motifs is 1. The minimum atomic E-state index is -1.44. The molecule has 0 radical (unpaired) electrons. The number of nitrogens with one attached hydrogen (secondary N) is 1. The lowest BCUT2D eigenvalue weighted by Crippen LogP contribution is -2.28. The van der Waals surface area contributed by atoms with Gasteiger partial charge in [0.05, 0.1) is 0 Å². The molecule has 0 spiro atoms. The maximum Gasteiger partial charge on any atom is 0.490 e. The van der Waals surface area contributed by atoms with Crippen molar-refractivity contribution in [1.82, 2.24) is 4.98 Å². The highest BCUT2D eigenvalue weighted by atomic mass is 16.4. The van der Waals surface area contributed by atoms with E-state index in [2.05, 4.69) is 4.98 Å². The zero-order chi connectivity index (χ0) is 12.5. The molecular weight excluding hydrogens is 225 g/mol. The summed E-state index contributed by atoms with van der Waals surface area (Å²) in [5.74, 6) is 0. The molecule has 3 aromatic rings. The number of aromatic amines is 1. The monoisotopic (exact) mass is 237 g/mol. The molecule has 0 aliphatic carbocycles. The van der Waals surface area contributed by atoms with Crippen LogP contribution in [0.5, 0.6) is 0 Å². The zero-order valence-electron chi connectivity index (χ0n) is 9.67.